The van der Waals surface area contributed by atoms with Crippen LogP contribution < -0.4 is 20.1 Å². The van der Waals surface area contributed by atoms with Gasteiger partial charge in [-0.2, -0.15) is 0 Å². The van der Waals surface area contributed by atoms with Crippen molar-refractivity contribution in [2.75, 3.05) is 26.1 Å². The number of methoxy groups -OCH3 is 2. The van der Waals surface area contributed by atoms with E-state index in [4.69, 9.17) is 21.7 Å². The van der Waals surface area contributed by atoms with Crippen molar-refractivity contribution in [2.24, 2.45) is 0 Å². The zero-order chi connectivity index (χ0) is 15.1. The molecule has 0 fully saturated rings. The lowest BCUT2D eigenvalue weighted by molar-refractivity contribution is 0.398. The number of ether oxygens (including phenoxy) is 2. The molecule has 0 saturated carbocycles. The number of rotatable bonds is 6. The Bertz CT molecular complexity index is 588. The summed E-state index contributed by atoms with van der Waals surface area (Å²) < 4.78 is 10.6. The fourth-order valence-electron chi connectivity index (χ4n) is 1.81. The van der Waals surface area contributed by atoms with Gasteiger partial charge in [0.15, 0.2) is 10.2 Å². The molecule has 7 heteroatoms. The molecular formula is C14H17N3O2S2. The van der Waals surface area contributed by atoms with E-state index in [0.717, 1.165) is 28.6 Å². The predicted molar refractivity (Wildman–Crippen MR) is 89.6 cm³/mol. The van der Waals surface area contributed by atoms with E-state index >= 15 is 0 Å². The van der Waals surface area contributed by atoms with Gasteiger partial charge in [-0.15, -0.1) is 11.3 Å². The third-order valence-electron chi connectivity index (χ3n) is 2.82. The second-order valence-corrected chi connectivity index (χ2v) is 5.45. The normalized spacial score (nSPS) is 10.0. The Morgan fingerprint density at radius 2 is 2.19 bits per heavy atom. The fraction of sp³-hybridized carbons (Fsp3) is 0.286. The molecule has 112 valence electrons. The number of nitrogens with one attached hydrogen (secondary N) is 2. The van der Waals surface area contributed by atoms with Gasteiger partial charge in [0.05, 0.1) is 14.2 Å². The molecule has 1 aromatic heterocycles. The molecule has 2 N–H and O–H groups in total. The van der Waals surface area contributed by atoms with E-state index in [2.05, 4.69) is 15.6 Å². The number of thiocarbonyl (C=S) groups is 1. The van der Waals surface area contributed by atoms with Gasteiger partial charge in [0.1, 0.15) is 11.5 Å². The van der Waals surface area contributed by atoms with Gasteiger partial charge in [0.25, 0.3) is 0 Å². The Balaban J connectivity index is 1.86. The smallest absolute Gasteiger partial charge is 0.188 e. The first-order valence-corrected chi connectivity index (χ1v) is 7.67. The summed E-state index contributed by atoms with van der Waals surface area (Å²) in [5.41, 5.74) is 1.07. The van der Waals surface area contributed by atoms with Gasteiger partial charge in [0.2, 0.25) is 0 Å². The van der Waals surface area contributed by atoms with Crippen LogP contribution in [0.4, 0.5) is 5.13 Å². The molecule has 1 heterocycles. The maximum absolute atomic E-state index is 5.35. The molecule has 21 heavy (non-hydrogen) atoms. The highest BCUT2D eigenvalue weighted by Crippen LogP contribution is 2.24. The van der Waals surface area contributed by atoms with Gasteiger partial charge >= 0.3 is 0 Å². The summed E-state index contributed by atoms with van der Waals surface area (Å²) in [4.78, 5) is 4.12. The second kappa shape index (κ2) is 7.80. The number of anilines is 1. The summed E-state index contributed by atoms with van der Waals surface area (Å²) in [5, 5.41) is 9.42. The predicted octanol–water partition coefficient (Wildman–Crippen LogP) is 2.69. The number of hydrogen-bond donors (Lipinski definition) is 2. The average Bonchev–Trinajstić information content (AvgIpc) is 3.00. The summed E-state index contributed by atoms with van der Waals surface area (Å²) >= 11 is 6.72. The molecule has 0 aliphatic rings. The van der Waals surface area contributed by atoms with Crippen molar-refractivity contribution in [3.05, 3.63) is 35.3 Å². The van der Waals surface area contributed by atoms with Crippen molar-refractivity contribution in [1.29, 1.82) is 0 Å². The van der Waals surface area contributed by atoms with Crippen molar-refractivity contribution in [1.82, 2.24) is 10.3 Å². The van der Waals surface area contributed by atoms with E-state index in [9.17, 15) is 0 Å². The lowest BCUT2D eigenvalue weighted by Crippen LogP contribution is -2.30. The van der Waals surface area contributed by atoms with Crippen molar-refractivity contribution < 1.29 is 9.47 Å². The van der Waals surface area contributed by atoms with Gasteiger partial charge in [-0.3, -0.25) is 0 Å². The summed E-state index contributed by atoms with van der Waals surface area (Å²) in [6.07, 6.45) is 2.51. The standard InChI is InChI=1S/C14H17N3O2S2/c1-18-11-3-4-12(19-2)10(9-11)5-6-15-13(20)17-14-16-7-8-21-14/h3-4,7-9H,5-6H2,1-2H3,(H2,15,16,17,20). The fourth-order valence-corrected chi connectivity index (χ4v) is 2.61. The van der Waals surface area contributed by atoms with Crippen LogP contribution in [0.3, 0.4) is 0 Å². The number of nitrogens with zero attached hydrogens (tertiary/aromatic N) is 1. The van der Waals surface area contributed by atoms with E-state index in [0.29, 0.717) is 11.7 Å². The first kappa shape index (κ1) is 15.5. The molecule has 2 aromatic rings. The van der Waals surface area contributed by atoms with E-state index in [1.807, 2.05) is 23.6 Å². The summed E-state index contributed by atoms with van der Waals surface area (Å²) in [5.74, 6) is 1.66. The van der Waals surface area contributed by atoms with Crippen LogP contribution in [0.25, 0.3) is 0 Å². The van der Waals surface area contributed by atoms with Crippen LogP contribution in [0.1, 0.15) is 5.56 Å². The maximum atomic E-state index is 5.35. The van der Waals surface area contributed by atoms with Crippen molar-refractivity contribution in [3.63, 3.8) is 0 Å². The van der Waals surface area contributed by atoms with E-state index in [1.165, 1.54) is 11.3 Å². The Morgan fingerprint density at radius 3 is 2.86 bits per heavy atom. The minimum atomic E-state index is 0.562. The molecule has 0 atom stereocenters. The van der Waals surface area contributed by atoms with Gasteiger partial charge in [0, 0.05) is 18.1 Å². The van der Waals surface area contributed by atoms with Gasteiger partial charge in [-0.05, 0) is 42.4 Å². The number of hydrogen-bond acceptors (Lipinski definition) is 5. The van der Waals surface area contributed by atoms with Crippen LogP contribution in [-0.2, 0) is 6.42 Å². The molecule has 0 bridgehead atoms. The van der Waals surface area contributed by atoms with E-state index in [-0.39, 0.29) is 0 Å². The topological polar surface area (TPSA) is 55.4 Å². The molecule has 0 unspecified atom stereocenters. The minimum absolute atomic E-state index is 0.562. The summed E-state index contributed by atoms with van der Waals surface area (Å²) in [6.45, 7) is 0.695. The summed E-state index contributed by atoms with van der Waals surface area (Å²) in [7, 11) is 3.31. The maximum Gasteiger partial charge on any atom is 0.188 e. The van der Waals surface area contributed by atoms with Gasteiger partial charge in [-0.25, -0.2) is 4.98 Å². The molecule has 5 nitrogen and oxygen atoms in total. The van der Waals surface area contributed by atoms with Crippen LogP contribution in [0.5, 0.6) is 11.5 Å². The Hall–Kier alpha value is -1.86. The van der Waals surface area contributed by atoms with Crippen molar-refractivity contribution >= 4 is 33.8 Å². The second-order valence-electron chi connectivity index (χ2n) is 4.15. The van der Waals surface area contributed by atoms with Crippen LogP contribution >= 0.6 is 23.6 Å². The molecule has 1 aromatic carbocycles. The lowest BCUT2D eigenvalue weighted by atomic mass is 10.1. The molecule has 0 amide bonds. The first-order valence-electron chi connectivity index (χ1n) is 6.38. The Kier molecular flexibility index (Phi) is 5.77. The highest BCUT2D eigenvalue weighted by molar-refractivity contribution is 7.80. The largest absolute Gasteiger partial charge is 0.497 e. The number of aromatic nitrogens is 1. The molecular weight excluding hydrogens is 306 g/mol. The van der Waals surface area contributed by atoms with Gasteiger partial charge < -0.3 is 20.1 Å². The molecule has 0 radical (unpaired) electrons. The summed E-state index contributed by atoms with van der Waals surface area (Å²) in [6, 6.07) is 5.75. The molecule has 0 saturated heterocycles. The zero-order valence-electron chi connectivity index (χ0n) is 11.9. The first-order chi connectivity index (χ1) is 10.2. The van der Waals surface area contributed by atoms with E-state index < -0.39 is 0 Å². The quantitative estimate of drug-likeness (QED) is 0.797. The van der Waals surface area contributed by atoms with Crippen LogP contribution in [-0.4, -0.2) is 30.9 Å². The zero-order valence-corrected chi connectivity index (χ0v) is 13.5. The van der Waals surface area contributed by atoms with Gasteiger partial charge in [-0.1, -0.05) is 0 Å². The van der Waals surface area contributed by atoms with Crippen molar-refractivity contribution in [3.8, 4) is 11.5 Å². The monoisotopic (exact) mass is 323 g/mol. The lowest BCUT2D eigenvalue weighted by Gasteiger charge is -2.12. The van der Waals surface area contributed by atoms with Crippen molar-refractivity contribution in [2.45, 2.75) is 6.42 Å². The SMILES string of the molecule is COc1ccc(OC)c(CCNC(=S)Nc2nccs2)c1. The van der Waals surface area contributed by atoms with Crippen LogP contribution in [0, 0.1) is 0 Å². The highest BCUT2D eigenvalue weighted by atomic mass is 32.1. The average molecular weight is 323 g/mol. The third kappa shape index (κ3) is 4.57. The minimum Gasteiger partial charge on any atom is -0.497 e. The third-order valence-corrected chi connectivity index (χ3v) is 3.76. The van der Waals surface area contributed by atoms with E-state index in [1.54, 1.807) is 20.4 Å². The Labute approximate surface area is 133 Å². The molecule has 0 spiro atoms. The molecule has 0 aliphatic heterocycles. The van der Waals surface area contributed by atoms with Crippen LogP contribution in [0.15, 0.2) is 29.8 Å². The number of benzene rings is 1. The molecule has 2 rings (SSSR count). The Morgan fingerprint density at radius 1 is 1.33 bits per heavy atom. The molecule has 0 aliphatic carbocycles. The highest BCUT2D eigenvalue weighted by Gasteiger charge is 2.05. The van der Waals surface area contributed by atoms with Crippen LogP contribution in [0.2, 0.25) is 0 Å². The number of thiazole rings is 1.